The average Bonchev–Trinajstić information content (AvgIpc) is 2.73. The third-order valence-corrected chi connectivity index (χ3v) is 4.39. The number of carbonyl (C=O) groups is 1. The van der Waals surface area contributed by atoms with Gasteiger partial charge in [0.15, 0.2) is 0 Å². The predicted molar refractivity (Wildman–Crippen MR) is 80.8 cm³/mol. The molecule has 3 rings (SSSR count). The quantitative estimate of drug-likeness (QED) is 0.789. The van der Waals surface area contributed by atoms with Crippen LogP contribution in [0.2, 0.25) is 5.28 Å². The van der Waals surface area contributed by atoms with Crippen molar-refractivity contribution in [3.8, 4) is 0 Å². The normalized spacial score (nSPS) is 14.2. The molecule has 1 aromatic carbocycles. The number of halogens is 2. The molecule has 104 valence electrons. The Morgan fingerprint density at radius 2 is 2.25 bits per heavy atom. The smallest absolute Gasteiger partial charge is 0.254 e. The number of hydrogen-bond donors (Lipinski definition) is 0. The number of amides is 1. The number of fused-ring (bicyclic) bond motifs is 1. The standard InChI is InChI=1S/C14H13BrClN3O/c1-18-12-8-19(6-5-11(12)17-14(18)16)13(20)9-3-2-4-10(15)7-9/h2-4,7H,5-6,8H2,1H3. The number of carbonyl (C=O) groups excluding carboxylic acids is 1. The number of nitrogens with zero attached hydrogens (tertiary/aromatic N) is 3. The van der Waals surface area contributed by atoms with Gasteiger partial charge in [-0.1, -0.05) is 22.0 Å². The van der Waals surface area contributed by atoms with Crippen molar-refractivity contribution in [2.75, 3.05) is 6.54 Å². The number of benzene rings is 1. The van der Waals surface area contributed by atoms with Crippen molar-refractivity contribution in [3.63, 3.8) is 0 Å². The zero-order chi connectivity index (χ0) is 14.3. The Kier molecular flexibility index (Phi) is 3.56. The maximum atomic E-state index is 12.5. The van der Waals surface area contributed by atoms with Crippen LogP contribution in [0.25, 0.3) is 0 Å². The number of hydrogen-bond acceptors (Lipinski definition) is 2. The first-order valence-electron chi connectivity index (χ1n) is 6.31. The van der Waals surface area contributed by atoms with Crippen molar-refractivity contribution in [1.29, 1.82) is 0 Å². The van der Waals surface area contributed by atoms with E-state index in [1.54, 1.807) is 0 Å². The molecule has 0 N–H and O–H groups in total. The summed E-state index contributed by atoms with van der Waals surface area (Å²) < 4.78 is 2.75. The van der Waals surface area contributed by atoms with Crippen molar-refractivity contribution in [2.45, 2.75) is 13.0 Å². The molecule has 0 fully saturated rings. The van der Waals surface area contributed by atoms with Crippen LogP contribution < -0.4 is 0 Å². The van der Waals surface area contributed by atoms with Gasteiger partial charge in [-0.3, -0.25) is 4.79 Å². The summed E-state index contributed by atoms with van der Waals surface area (Å²) in [6, 6.07) is 7.45. The zero-order valence-corrected chi connectivity index (χ0v) is 13.3. The van der Waals surface area contributed by atoms with Gasteiger partial charge in [-0.2, -0.15) is 0 Å². The summed E-state index contributed by atoms with van der Waals surface area (Å²) in [5.41, 5.74) is 2.71. The highest BCUT2D eigenvalue weighted by Gasteiger charge is 2.25. The van der Waals surface area contributed by atoms with Crippen LogP contribution in [0.4, 0.5) is 0 Å². The molecule has 0 atom stereocenters. The van der Waals surface area contributed by atoms with E-state index >= 15 is 0 Å². The second-order valence-corrected chi connectivity index (χ2v) is 6.07. The van der Waals surface area contributed by atoms with Gasteiger partial charge in [0, 0.05) is 30.0 Å². The molecular formula is C14H13BrClN3O. The lowest BCUT2D eigenvalue weighted by Gasteiger charge is -2.27. The zero-order valence-electron chi connectivity index (χ0n) is 10.9. The van der Waals surface area contributed by atoms with Gasteiger partial charge in [0.2, 0.25) is 5.28 Å². The Morgan fingerprint density at radius 1 is 1.45 bits per heavy atom. The van der Waals surface area contributed by atoms with Crippen LogP contribution in [0.5, 0.6) is 0 Å². The van der Waals surface area contributed by atoms with Gasteiger partial charge < -0.3 is 9.47 Å². The van der Waals surface area contributed by atoms with Crippen molar-refractivity contribution in [3.05, 3.63) is 51.0 Å². The molecule has 2 heterocycles. The third kappa shape index (κ3) is 2.36. The Labute approximate surface area is 130 Å². The predicted octanol–water partition coefficient (Wildman–Crippen LogP) is 3.03. The van der Waals surface area contributed by atoms with Crippen molar-refractivity contribution < 1.29 is 4.79 Å². The lowest BCUT2D eigenvalue weighted by atomic mass is 10.1. The van der Waals surface area contributed by atoms with Gasteiger partial charge in [-0.15, -0.1) is 0 Å². The SMILES string of the molecule is Cn1c(Cl)nc2c1CN(C(=O)c1cccc(Br)c1)CC2. The van der Waals surface area contributed by atoms with E-state index in [1.165, 1.54) is 0 Å². The summed E-state index contributed by atoms with van der Waals surface area (Å²) >= 11 is 9.42. The van der Waals surface area contributed by atoms with Crippen molar-refractivity contribution in [2.24, 2.45) is 7.05 Å². The first kappa shape index (κ1) is 13.6. The fourth-order valence-corrected chi connectivity index (χ4v) is 3.03. The fraction of sp³-hybridized carbons (Fsp3) is 0.286. The molecule has 0 spiro atoms. The minimum absolute atomic E-state index is 0.0364. The van der Waals surface area contributed by atoms with E-state index in [2.05, 4.69) is 20.9 Å². The first-order chi connectivity index (χ1) is 9.56. The van der Waals surface area contributed by atoms with E-state index in [-0.39, 0.29) is 5.91 Å². The molecule has 1 aliphatic rings. The summed E-state index contributed by atoms with van der Waals surface area (Å²) in [6.45, 7) is 1.22. The monoisotopic (exact) mass is 353 g/mol. The molecule has 20 heavy (non-hydrogen) atoms. The van der Waals surface area contributed by atoms with Crippen LogP contribution in [-0.4, -0.2) is 26.9 Å². The molecule has 6 heteroatoms. The van der Waals surface area contributed by atoms with E-state index in [0.717, 1.165) is 22.3 Å². The lowest BCUT2D eigenvalue weighted by molar-refractivity contribution is 0.0730. The van der Waals surface area contributed by atoms with Gasteiger partial charge in [0.05, 0.1) is 17.9 Å². The van der Waals surface area contributed by atoms with E-state index < -0.39 is 0 Å². The summed E-state index contributed by atoms with van der Waals surface area (Å²) in [5.74, 6) is 0.0364. The number of imidazole rings is 1. The minimum atomic E-state index is 0.0364. The summed E-state index contributed by atoms with van der Waals surface area (Å²) in [4.78, 5) is 18.7. The van der Waals surface area contributed by atoms with E-state index in [9.17, 15) is 4.79 Å². The second kappa shape index (κ2) is 5.22. The van der Waals surface area contributed by atoms with Crippen LogP contribution >= 0.6 is 27.5 Å². The first-order valence-corrected chi connectivity index (χ1v) is 7.48. The average molecular weight is 355 g/mol. The van der Waals surface area contributed by atoms with Gasteiger partial charge in [-0.25, -0.2) is 4.98 Å². The largest absolute Gasteiger partial charge is 0.332 e. The van der Waals surface area contributed by atoms with Crippen molar-refractivity contribution >= 4 is 33.4 Å². The number of aromatic nitrogens is 2. The molecule has 0 unspecified atom stereocenters. The molecule has 1 aliphatic heterocycles. The Hall–Kier alpha value is -1.33. The highest BCUT2D eigenvalue weighted by Crippen LogP contribution is 2.23. The lowest BCUT2D eigenvalue weighted by Crippen LogP contribution is -2.36. The molecular weight excluding hydrogens is 342 g/mol. The minimum Gasteiger partial charge on any atom is -0.332 e. The Balaban J connectivity index is 1.86. The molecule has 0 saturated heterocycles. The summed E-state index contributed by atoms with van der Waals surface area (Å²) in [5, 5.41) is 0.478. The van der Waals surface area contributed by atoms with E-state index in [1.807, 2.05) is 40.8 Å². The molecule has 0 aliphatic carbocycles. The highest BCUT2D eigenvalue weighted by atomic mass is 79.9. The molecule has 0 saturated carbocycles. The molecule has 1 aromatic heterocycles. The van der Waals surface area contributed by atoms with E-state index in [0.29, 0.717) is 23.9 Å². The van der Waals surface area contributed by atoms with Crippen LogP contribution in [-0.2, 0) is 20.0 Å². The third-order valence-electron chi connectivity index (χ3n) is 3.56. The van der Waals surface area contributed by atoms with Crippen LogP contribution in [0.15, 0.2) is 28.7 Å². The molecule has 1 amide bonds. The van der Waals surface area contributed by atoms with Gasteiger partial charge >= 0.3 is 0 Å². The van der Waals surface area contributed by atoms with Crippen LogP contribution in [0.1, 0.15) is 21.7 Å². The maximum Gasteiger partial charge on any atom is 0.254 e. The Bertz CT molecular complexity index is 683. The van der Waals surface area contributed by atoms with Crippen LogP contribution in [0, 0.1) is 0 Å². The van der Waals surface area contributed by atoms with E-state index in [4.69, 9.17) is 11.6 Å². The molecule has 2 aromatic rings. The Morgan fingerprint density at radius 3 is 3.00 bits per heavy atom. The van der Waals surface area contributed by atoms with Gasteiger partial charge in [0.1, 0.15) is 0 Å². The van der Waals surface area contributed by atoms with Crippen molar-refractivity contribution in [1.82, 2.24) is 14.5 Å². The highest BCUT2D eigenvalue weighted by molar-refractivity contribution is 9.10. The van der Waals surface area contributed by atoms with Crippen LogP contribution in [0.3, 0.4) is 0 Å². The topological polar surface area (TPSA) is 38.1 Å². The summed E-state index contributed by atoms with van der Waals surface area (Å²) in [7, 11) is 1.88. The molecule has 0 radical (unpaired) electrons. The summed E-state index contributed by atoms with van der Waals surface area (Å²) in [6.07, 6.45) is 0.746. The van der Waals surface area contributed by atoms with Gasteiger partial charge in [-0.05, 0) is 29.8 Å². The number of rotatable bonds is 1. The molecule has 0 bridgehead atoms. The molecule has 4 nitrogen and oxygen atoms in total. The second-order valence-electron chi connectivity index (χ2n) is 4.82. The fourth-order valence-electron chi connectivity index (χ4n) is 2.43. The maximum absolute atomic E-state index is 12.5. The van der Waals surface area contributed by atoms with Gasteiger partial charge in [0.25, 0.3) is 5.91 Å².